The van der Waals surface area contributed by atoms with Crippen molar-refractivity contribution in [1.29, 1.82) is 0 Å². The molecule has 8 nitrogen and oxygen atoms in total. The van der Waals surface area contributed by atoms with Crippen molar-refractivity contribution in [2.45, 2.75) is 6.54 Å². The minimum Gasteiger partial charge on any atom is -0.325 e. The standard InChI is InChI=1S/C18H17ClN6O2S/c1-23(10-15(26)20-12-5-3-4-11(19)8-12)9-14-21-22-18-24(2)17(27)16-13(25(14)18)6-7-28-16/h3-8H,9-10H2,1-2H3,(H,20,26). The Bertz CT molecular complexity index is 1240. The Balaban J connectivity index is 1.55. The quantitative estimate of drug-likeness (QED) is 0.540. The Morgan fingerprint density at radius 2 is 2.14 bits per heavy atom. The lowest BCUT2D eigenvalue weighted by Gasteiger charge is -2.15. The van der Waals surface area contributed by atoms with Crippen LogP contribution in [0.4, 0.5) is 5.69 Å². The number of benzene rings is 1. The zero-order valence-corrected chi connectivity index (χ0v) is 16.8. The third kappa shape index (κ3) is 3.39. The predicted octanol–water partition coefficient (Wildman–Crippen LogP) is 2.37. The molecule has 0 bridgehead atoms. The van der Waals surface area contributed by atoms with E-state index in [-0.39, 0.29) is 18.0 Å². The smallest absolute Gasteiger partial charge is 0.272 e. The summed E-state index contributed by atoms with van der Waals surface area (Å²) in [4.78, 5) is 26.5. The summed E-state index contributed by atoms with van der Waals surface area (Å²) in [5.41, 5.74) is 1.33. The normalized spacial score (nSPS) is 11.6. The number of hydrogen-bond acceptors (Lipinski definition) is 6. The van der Waals surface area contributed by atoms with Gasteiger partial charge in [0, 0.05) is 17.8 Å². The van der Waals surface area contributed by atoms with Gasteiger partial charge in [-0.3, -0.25) is 23.5 Å². The van der Waals surface area contributed by atoms with Crippen molar-refractivity contribution >= 4 is 50.5 Å². The van der Waals surface area contributed by atoms with Crippen molar-refractivity contribution in [3.63, 3.8) is 0 Å². The van der Waals surface area contributed by atoms with Gasteiger partial charge in [-0.05, 0) is 36.7 Å². The van der Waals surface area contributed by atoms with Crippen molar-refractivity contribution < 1.29 is 4.79 Å². The zero-order chi connectivity index (χ0) is 19.8. The van der Waals surface area contributed by atoms with Crippen molar-refractivity contribution in [2.24, 2.45) is 7.05 Å². The first-order valence-electron chi connectivity index (χ1n) is 8.48. The predicted molar refractivity (Wildman–Crippen MR) is 110 cm³/mol. The Labute approximate surface area is 169 Å². The molecule has 0 unspecified atom stereocenters. The minimum absolute atomic E-state index is 0.0919. The molecule has 1 amide bonds. The second-order valence-corrected chi connectivity index (χ2v) is 7.83. The number of nitrogens with one attached hydrogen (secondary N) is 1. The number of carbonyl (C=O) groups is 1. The summed E-state index contributed by atoms with van der Waals surface area (Å²) in [5, 5.41) is 13.6. The maximum Gasteiger partial charge on any atom is 0.272 e. The van der Waals surface area contributed by atoms with Gasteiger partial charge in [-0.2, -0.15) is 0 Å². The molecule has 4 rings (SSSR count). The monoisotopic (exact) mass is 416 g/mol. The Morgan fingerprint density at radius 1 is 1.32 bits per heavy atom. The summed E-state index contributed by atoms with van der Waals surface area (Å²) in [7, 11) is 3.50. The van der Waals surface area contributed by atoms with E-state index < -0.39 is 0 Å². The molecule has 0 radical (unpaired) electrons. The Morgan fingerprint density at radius 3 is 2.93 bits per heavy atom. The van der Waals surface area contributed by atoms with Crippen LogP contribution < -0.4 is 10.9 Å². The molecule has 0 fully saturated rings. The number of anilines is 1. The number of aryl methyl sites for hydroxylation is 1. The third-order valence-corrected chi connectivity index (χ3v) is 5.46. The van der Waals surface area contributed by atoms with Crippen LogP contribution in [0.15, 0.2) is 40.5 Å². The highest BCUT2D eigenvalue weighted by Gasteiger charge is 2.17. The van der Waals surface area contributed by atoms with Gasteiger partial charge in [0.15, 0.2) is 5.82 Å². The van der Waals surface area contributed by atoms with Crippen LogP contribution in [0.5, 0.6) is 0 Å². The third-order valence-electron chi connectivity index (χ3n) is 4.33. The molecule has 3 aromatic heterocycles. The molecule has 0 atom stereocenters. The van der Waals surface area contributed by atoms with Gasteiger partial charge in [-0.1, -0.05) is 17.7 Å². The average molecular weight is 417 g/mol. The fraction of sp³-hybridized carbons (Fsp3) is 0.222. The number of amides is 1. The van der Waals surface area contributed by atoms with Crippen molar-refractivity contribution in [3.8, 4) is 0 Å². The van der Waals surface area contributed by atoms with Gasteiger partial charge >= 0.3 is 0 Å². The molecule has 1 aromatic carbocycles. The number of thiophene rings is 1. The van der Waals surface area contributed by atoms with Gasteiger partial charge in [0.2, 0.25) is 11.7 Å². The number of halogens is 1. The van der Waals surface area contributed by atoms with Gasteiger partial charge in [-0.15, -0.1) is 21.5 Å². The number of hydrogen-bond donors (Lipinski definition) is 1. The summed E-state index contributed by atoms with van der Waals surface area (Å²) < 4.78 is 4.00. The second-order valence-electron chi connectivity index (χ2n) is 6.48. The SMILES string of the molecule is CN(CC(=O)Nc1cccc(Cl)c1)Cc1nnc2n(C)c(=O)c3sccc3n12. The first-order valence-corrected chi connectivity index (χ1v) is 9.74. The maximum absolute atomic E-state index is 12.4. The zero-order valence-electron chi connectivity index (χ0n) is 15.2. The Kier molecular flexibility index (Phi) is 4.88. The van der Waals surface area contributed by atoms with Crippen molar-refractivity contribution in [3.05, 3.63) is 56.9 Å². The second kappa shape index (κ2) is 7.34. The number of likely N-dealkylation sites (N-methyl/N-ethyl adjacent to an activating group) is 1. The van der Waals surface area contributed by atoms with Gasteiger partial charge in [0.25, 0.3) is 5.56 Å². The van der Waals surface area contributed by atoms with Crippen molar-refractivity contribution in [2.75, 3.05) is 18.9 Å². The summed E-state index contributed by atoms with van der Waals surface area (Å²) >= 11 is 7.33. The topological polar surface area (TPSA) is 84.5 Å². The van der Waals surface area contributed by atoms with Crippen LogP contribution >= 0.6 is 22.9 Å². The molecular weight excluding hydrogens is 400 g/mol. The number of nitrogens with zero attached hydrogens (tertiary/aromatic N) is 5. The highest BCUT2D eigenvalue weighted by Crippen LogP contribution is 2.20. The lowest BCUT2D eigenvalue weighted by atomic mass is 10.3. The molecule has 0 aliphatic rings. The molecule has 0 aliphatic heterocycles. The number of aromatic nitrogens is 4. The van der Waals surface area contributed by atoms with Crippen LogP contribution in [0.2, 0.25) is 5.02 Å². The first-order chi connectivity index (χ1) is 13.4. The van der Waals surface area contributed by atoms with E-state index in [1.54, 1.807) is 31.3 Å². The molecule has 1 N–H and O–H groups in total. The van der Waals surface area contributed by atoms with Gasteiger partial charge in [0.1, 0.15) is 4.70 Å². The van der Waals surface area contributed by atoms with E-state index in [0.29, 0.717) is 33.6 Å². The molecule has 0 saturated heterocycles. The van der Waals surface area contributed by atoms with Crippen LogP contribution in [0.25, 0.3) is 16.0 Å². The Hall–Kier alpha value is -2.75. The van der Waals surface area contributed by atoms with Crippen LogP contribution in [0, 0.1) is 0 Å². The lowest BCUT2D eigenvalue weighted by Crippen LogP contribution is -2.30. The fourth-order valence-electron chi connectivity index (χ4n) is 3.06. The van der Waals surface area contributed by atoms with E-state index in [0.717, 1.165) is 5.52 Å². The van der Waals surface area contributed by atoms with Crippen LogP contribution in [0.1, 0.15) is 5.82 Å². The fourth-order valence-corrected chi connectivity index (χ4v) is 4.11. The summed E-state index contributed by atoms with van der Waals surface area (Å²) in [6, 6.07) is 8.88. The van der Waals surface area contributed by atoms with E-state index >= 15 is 0 Å². The molecule has 0 spiro atoms. The highest BCUT2D eigenvalue weighted by atomic mass is 35.5. The number of fused-ring (bicyclic) bond motifs is 3. The number of rotatable bonds is 5. The molecule has 0 aliphatic carbocycles. The van der Waals surface area contributed by atoms with Crippen LogP contribution in [-0.2, 0) is 18.4 Å². The molecular formula is C18H17ClN6O2S. The molecule has 0 saturated carbocycles. The van der Waals surface area contributed by atoms with Gasteiger partial charge in [0.05, 0.1) is 18.6 Å². The van der Waals surface area contributed by atoms with Crippen LogP contribution in [0.3, 0.4) is 0 Å². The summed E-state index contributed by atoms with van der Waals surface area (Å²) in [5.74, 6) is 0.974. The highest BCUT2D eigenvalue weighted by molar-refractivity contribution is 7.17. The van der Waals surface area contributed by atoms with E-state index in [2.05, 4.69) is 15.5 Å². The largest absolute Gasteiger partial charge is 0.325 e. The summed E-state index contributed by atoms with van der Waals surface area (Å²) in [6.45, 7) is 0.563. The van der Waals surface area contributed by atoms with Gasteiger partial charge < -0.3 is 5.32 Å². The summed E-state index contributed by atoms with van der Waals surface area (Å²) in [6.07, 6.45) is 0. The van der Waals surface area contributed by atoms with E-state index in [1.165, 1.54) is 15.9 Å². The maximum atomic E-state index is 12.4. The van der Waals surface area contributed by atoms with E-state index in [1.807, 2.05) is 27.8 Å². The molecule has 144 valence electrons. The lowest BCUT2D eigenvalue weighted by molar-refractivity contribution is -0.117. The minimum atomic E-state index is -0.160. The van der Waals surface area contributed by atoms with Crippen LogP contribution in [-0.4, -0.2) is 43.6 Å². The van der Waals surface area contributed by atoms with Gasteiger partial charge in [-0.25, -0.2) is 0 Å². The molecule has 4 aromatic rings. The average Bonchev–Trinajstić information content (AvgIpc) is 3.26. The number of carbonyl (C=O) groups excluding carboxylic acids is 1. The molecule has 28 heavy (non-hydrogen) atoms. The first kappa shape index (κ1) is 18.6. The molecule has 3 heterocycles. The van der Waals surface area contributed by atoms with Crippen molar-refractivity contribution in [1.82, 2.24) is 24.1 Å². The van der Waals surface area contributed by atoms with E-state index in [4.69, 9.17) is 11.6 Å². The molecule has 10 heteroatoms. The van der Waals surface area contributed by atoms with E-state index in [9.17, 15) is 9.59 Å².